The number of fused-ring (bicyclic) bond motifs is 12. The zero-order valence-corrected chi connectivity index (χ0v) is 36.0. The number of allylic oxidation sites excluding steroid dienone is 1. The van der Waals surface area contributed by atoms with Gasteiger partial charge in [0.25, 0.3) is 0 Å². The van der Waals surface area contributed by atoms with Crippen molar-refractivity contribution in [3.05, 3.63) is 118 Å². The van der Waals surface area contributed by atoms with E-state index >= 15 is 0 Å². The van der Waals surface area contributed by atoms with Crippen LogP contribution in [-0.4, -0.2) is 32.7 Å². The van der Waals surface area contributed by atoms with E-state index in [4.69, 9.17) is 10.2 Å². The van der Waals surface area contributed by atoms with E-state index in [0.717, 1.165) is 104 Å². The van der Waals surface area contributed by atoms with Gasteiger partial charge in [-0.2, -0.15) is 4.91 Å². The van der Waals surface area contributed by atoms with Crippen molar-refractivity contribution in [3.8, 4) is 11.4 Å². The first-order chi connectivity index (χ1) is 29.1. The third kappa shape index (κ3) is 5.27. The average Bonchev–Trinajstić information content (AvgIpc) is 4.07. The number of aromatic nitrogens is 2. The van der Waals surface area contributed by atoms with E-state index < -0.39 is 11.1 Å². The van der Waals surface area contributed by atoms with Crippen molar-refractivity contribution in [1.82, 2.24) is 14.0 Å². The highest BCUT2D eigenvalue weighted by Gasteiger charge is 2.53. The summed E-state index contributed by atoms with van der Waals surface area (Å²) in [6.45, 7) is 9.38. The average molecular weight is 798 g/mol. The number of likely N-dealkylation sites (N-methyl/N-ethyl adjacent to an activating group) is 1. The van der Waals surface area contributed by atoms with Crippen LogP contribution in [0.2, 0.25) is 0 Å². The Morgan fingerprint density at radius 1 is 0.800 bits per heavy atom. The summed E-state index contributed by atoms with van der Waals surface area (Å²) in [6.07, 6.45) is 25.2. The van der Waals surface area contributed by atoms with Gasteiger partial charge in [-0.1, -0.05) is 82.1 Å². The Labute approximate surface area is 354 Å². The molecule has 0 radical (unpaired) electrons. The van der Waals surface area contributed by atoms with Crippen LogP contribution < -0.4 is 5.73 Å². The number of rotatable bonds is 6. The fourth-order valence-corrected chi connectivity index (χ4v) is 13.0. The lowest BCUT2D eigenvalue weighted by molar-refractivity contribution is 0.144. The second kappa shape index (κ2) is 13.8. The van der Waals surface area contributed by atoms with E-state index in [1.807, 2.05) is 0 Å². The zero-order chi connectivity index (χ0) is 41.1. The summed E-state index contributed by atoms with van der Waals surface area (Å²) < 4.78 is 11.6. The SMILES string of the molecule is CCC1(N)CCC(C)C/C=C\c2c1c1ccccc1n2-c1ccc2oc3ccc(-n4c5c(c6c4C=CC4C(C)CC6(CC)N4C)CC(C4(N=O)CCCC4)C=C5)cc3c2c1. The molecule has 6 atom stereocenters. The lowest BCUT2D eigenvalue weighted by Crippen LogP contribution is -2.42. The van der Waals surface area contributed by atoms with Crippen LogP contribution >= 0.6 is 0 Å². The first kappa shape index (κ1) is 38.0. The molecule has 3 aromatic heterocycles. The van der Waals surface area contributed by atoms with Gasteiger partial charge in [-0.15, -0.1) is 0 Å². The van der Waals surface area contributed by atoms with Crippen LogP contribution in [0.15, 0.2) is 88.5 Å². The molecule has 1 saturated carbocycles. The second-order valence-electron chi connectivity index (χ2n) is 19.4. The molecule has 2 bridgehead atoms. The highest BCUT2D eigenvalue weighted by molar-refractivity contribution is 6.06. The molecule has 3 aliphatic carbocycles. The van der Waals surface area contributed by atoms with Gasteiger partial charge < -0.3 is 19.3 Å². The summed E-state index contributed by atoms with van der Waals surface area (Å²) in [4.78, 5) is 15.3. The van der Waals surface area contributed by atoms with Crippen LogP contribution in [0.3, 0.4) is 0 Å². The maximum Gasteiger partial charge on any atom is 0.135 e. The van der Waals surface area contributed by atoms with Crippen LogP contribution in [0.5, 0.6) is 0 Å². The van der Waals surface area contributed by atoms with E-state index in [0.29, 0.717) is 17.9 Å². The maximum atomic E-state index is 12.7. The molecule has 6 unspecified atom stereocenters. The third-order valence-electron chi connectivity index (χ3n) is 16.4. The minimum atomic E-state index is -0.509. The highest BCUT2D eigenvalue weighted by Crippen LogP contribution is 2.55. The predicted octanol–water partition coefficient (Wildman–Crippen LogP) is 13.0. The van der Waals surface area contributed by atoms with Gasteiger partial charge in [0.05, 0.1) is 16.9 Å². The number of furan rings is 1. The topological polar surface area (TPSA) is 81.7 Å². The molecule has 5 heterocycles. The zero-order valence-electron chi connectivity index (χ0n) is 36.0. The van der Waals surface area contributed by atoms with Crippen LogP contribution in [0, 0.1) is 22.7 Å². The highest BCUT2D eigenvalue weighted by atomic mass is 16.3. The molecule has 2 N–H and O–H groups in total. The molecule has 6 aromatic rings. The molecule has 308 valence electrons. The summed E-state index contributed by atoms with van der Waals surface area (Å²) >= 11 is 0. The Morgan fingerprint density at radius 3 is 2.22 bits per heavy atom. The third-order valence-corrected chi connectivity index (χ3v) is 16.4. The molecular formula is C53H59N5O2. The molecule has 2 aliphatic heterocycles. The molecule has 7 nitrogen and oxygen atoms in total. The van der Waals surface area contributed by atoms with Gasteiger partial charge in [0.1, 0.15) is 16.7 Å². The number of hydrogen-bond donors (Lipinski definition) is 1. The van der Waals surface area contributed by atoms with Crippen molar-refractivity contribution >= 4 is 51.1 Å². The molecule has 2 fully saturated rings. The number of benzene rings is 3. The first-order valence-corrected chi connectivity index (χ1v) is 22.9. The Bertz CT molecular complexity index is 2810. The normalized spacial score (nSPS) is 29.0. The van der Waals surface area contributed by atoms with E-state index in [1.165, 1.54) is 44.7 Å². The molecule has 5 aliphatic rings. The number of hydrogen-bond acceptors (Lipinski definition) is 5. The summed E-state index contributed by atoms with van der Waals surface area (Å²) in [5.74, 6) is 1.25. The summed E-state index contributed by atoms with van der Waals surface area (Å²) in [6, 6.07) is 22.6. The molecule has 11 rings (SSSR count). The Kier molecular flexibility index (Phi) is 8.72. The monoisotopic (exact) mass is 797 g/mol. The number of nitroso groups, excluding NO2 is 1. The number of nitrogens with zero attached hydrogens (tertiary/aromatic N) is 4. The second-order valence-corrected chi connectivity index (χ2v) is 19.4. The summed E-state index contributed by atoms with van der Waals surface area (Å²) in [5.41, 5.74) is 19.4. The number of para-hydroxylation sites is 1. The van der Waals surface area contributed by atoms with Crippen molar-refractivity contribution in [2.75, 3.05) is 7.05 Å². The van der Waals surface area contributed by atoms with Crippen molar-refractivity contribution < 1.29 is 4.42 Å². The van der Waals surface area contributed by atoms with Crippen molar-refractivity contribution in [2.45, 2.75) is 121 Å². The Hall–Kier alpha value is -4.98. The smallest absolute Gasteiger partial charge is 0.135 e. The molecule has 3 aromatic carbocycles. The Balaban J connectivity index is 1.11. The fourth-order valence-electron chi connectivity index (χ4n) is 13.0. The van der Waals surface area contributed by atoms with Gasteiger partial charge in [0, 0.05) is 67.4 Å². The summed E-state index contributed by atoms with van der Waals surface area (Å²) in [5, 5.41) is 7.36. The standard InChI is InChI=1S/C53H59N5O2/c1-6-51(54)28-25-33(3)13-12-16-45-49(51)38-14-8-9-15-43(38)57(45)36-18-23-47-39(30-36)40-31-37(19-24-48(40)60-47)58-44-20-17-35(52(55-59)26-10-11-27-52)29-41(44)50-46(58)22-21-42-34(4)32-53(50,7-2)56(42)5/h8-9,12,14-24,30-31,33-35,42H,6-7,10-11,13,25-29,32,54H2,1-5H3/b16-12-. The van der Waals surface area contributed by atoms with E-state index in [9.17, 15) is 4.91 Å². The first-order valence-electron chi connectivity index (χ1n) is 22.9. The molecule has 60 heavy (non-hydrogen) atoms. The minimum absolute atomic E-state index is 0.0895. The largest absolute Gasteiger partial charge is 0.456 e. The van der Waals surface area contributed by atoms with Gasteiger partial charge in [-0.05, 0) is 143 Å². The fraction of sp³-hybridized carbons (Fsp3) is 0.434. The molecule has 7 heteroatoms. The molecule has 1 saturated heterocycles. The molecule has 0 spiro atoms. The Morgan fingerprint density at radius 2 is 1.50 bits per heavy atom. The maximum absolute atomic E-state index is 12.7. The van der Waals surface area contributed by atoms with Crippen LogP contribution in [-0.2, 0) is 17.5 Å². The summed E-state index contributed by atoms with van der Waals surface area (Å²) in [7, 11) is 2.34. The van der Waals surface area contributed by atoms with Crippen LogP contribution in [0.25, 0.3) is 62.4 Å². The van der Waals surface area contributed by atoms with Crippen molar-refractivity contribution in [2.24, 2.45) is 28.7 Å². The van der Waals surface area contributed by atoms with Gasteiger partial charge in [0.15, 0.2) is 0 Å². The predicted molar refractivity (Wildman–Crippen MR) is 248 cm³/mol. The lowest BCUT2D eigenvalue weighted by Gasteiger charge is -2.39. The van der Waals surface area contributed by atoms with E-state index in [-0.39, 0.29) is 11.5 Å². The van der Waals surface area contributed by atoms with Gasteiger partial charge in [-0.3, -0.25) is 4.90 Å². The lowest BCUT2D eigenvalue weighted by atomic mass is 9.73. The molecule has 0 amide bonds. The minimum Gasteiger partial charge on any atom is -0.456 e. The quantitative estimate of drug-likeness (QED) is 0.170. The van der Waals surface area contributed by atoms with Crippen molar-refractivity contribution in [1.29, 1.82) is 0 Å². The van der Waals surface area contributed by atoms with Gasteiger partial charge in [0.2, 0.25) is 0 Å². The van der Waals surface area contributed by atoms with Crippen LogP contribution in [0.4, 0.5) is 0 Å². The van der Waals surface area contributed by atoms with Crippen molar-refractivity contribution in [3.63, 3.8) is 0 Å². The van der Waals surface area contributed by atoms with Crippen LogP contribution in [0.1, 0.15) is 126 Å². The molecular weight excluding hydrogens is 739 g/mol. The van der Waals surface area contributed by atoms with Gasteiger partial charge >= 0.3 is 0 Å². The van der Waals surface area contributed by atoms with Gasteiger partial charge in [-0.25, -0.2) is 0 Å². The number of nitrogens with two attached hydrogens (primary N) is 1. The van der Waals surface area contributed by atoms with E-state index in [1.54, 1.807) is 0 Å². The van der Waals surface area contributed by atoms with E-state index in [2.05, 4.69) is 151 Å².